The van der Waals surface area contributed by atoms with Gasteiger partial charge in [-0.15, -0.1) is 0 Å². The smallest absolute Gasteiger partial charge is 0.168 e. The number of piperidine rings is 1. The van der Waals surface area contributed by atoms with Gasteiger partial charge in [0.1, 0.15) is 5.82 Å². The molecule has 2 fully saturated rings. The summed E-state index contributed by atoms with van der Waals surface area (Å²) in [6, 6.07) is 2.70. The molecule has 0 radical (unpaired) electrons. The van der Waals surface area contributed by atoms with E-state index >= 15 is 0 Å². The van der Waals surface area contributed by atoms with Crippen molar-refractivity contribution in [2.24, 2.45) is 5.73 Å². The molecule has 2 aliphatic rings. The van der Waals surface area contributed by atoms with E-state index in [0.29, 0.717) is 18.8 Å². The van der Waals surface area contributed by atoms with E-state index in [1.807, 2.05) is 0 Å². The Labute approximate surface area is 154 Å². The average Bonchev–Trinajstić information content (AvgIpc) is 2.64. The van der Waals surface area contributed by atoms with Crippen molar-refractivity contribution in [3.8, 4) is 5.75 Å². The van der Waals surface area contributed by atoms with Gasteiger partial charge in [0.05, 0.1) is 19.3 Å². The van der Waals surface area contributed by atoms with Crippen molar-refractivity contribution in [3.05, 3.63) is 29.3 Å². The third-order valence-electron chi connectivity index (χ3n) is 5.59. The second-order valence-electron chi connectivity index (χ2n) is 7.41. The fourth-order valence-electron chi connectivity index (χ4n) is 4.12. The zero-order valence-electron chi connectivity index (χ0n) is 15.5. The Balaban J connectivity index is 1.55. The van der Waals surface area contributed by atoms with Crippen LogP contribution in [0.25, 0.3) is 0 Å². The van der Waals surface area contributed by atoms with E-state index < -0.39 is 11.6 Å². The van der Waals surface area contributed by atoms with Crippen molar-refractivity contribution in [2.75, 3.05) is 19.8 Å². The van der Waals surface area contributed by atoms with Gasteiger partial charge >= 0.3 is 0 Å². The summed E-state index contributed by atoms with van der Waals surface area (Å²) < 4.78 is 39.3. The molecule has 0 amide bonds. The lowest BCUT2D eigenvalue weighted by Gasteiger charge is -2.33. The molecule has 3 N–H and O–H groups in total. The monoisotopic (exact) mass is 368 g/mol. The number of hydrogen-bond donors (Lipinski definition) is 2. The van der Waals surface area contributed by atoms with Gasteiger partial charge in [-0.25, -0.2) is 8.78 Å². The number of benzene rings is 1. The van der Waals surface area contributed by atoms with E-state index in [-0.39, 0.29) is 29.9 Å². The highest BCUT2D eigenvalue weighted by Gasteiger charge is 2.28. The van der Waals surface area contributed by atoms with Crippen molar-refractivity contribution in [1.82, 2.24) is 5.32 Å². The summed E-state index contributed by atoms with van der Waals surface area (Å²) >= 11 is 0. The minimum atomic E-state index is -0.613. The summed E-state index contributed by atoms with van der Waals surface area (Å²) in [5.41, 5.74) is 6.79. The molecule has 1 aromatic rings. The summed E-state index contributed by atoms with van der Waals surface area (Å²) in [4.78, 5) is 0. The molecule has 3 rings (SSSR count). The molecule has 0 unspecified atom stereocenters. The van der Waals surface area contributed by atoms with Crippen LogP contribution in [0.1, 0.15) is 56.9 Å². The number of halogens is 2. The topological polar surface area (TPSA) is 56.5 Å². The molecule has 0 spiro atoms. The Morgan fingerprint density at radius 2 is 1.92 bits per heavy atom. The van der Waals surface area contributed by atoms with Gasteiger partial charge in [-0.1, -0.05) is 0 Å². The van der Waals surface area contributed by atoms with Crippen molar-refractivity contribution < 1.29 is 18.3 Å². The first-order chi connectivity index (χ1) is 12.6. The summed E-state index contributed by atoms with van der Waals surface area (Å²) in [6.45, 7) is 3.80. The van der Waals surface area contributed by atoms with Gasteiger partial charge in [-0.05, 0) is 64.0 Å². The molecule has 2 atom stereocenters. The fraction of sp³-hybridized carbons (Fsp3) is 0.700. The van der Waals surface area contributed by atoms with Crippen molar-refractivity contribution in [3.63, 3.8) is 0 Å². The number of nitrogens with two attached hydrogens (primary N) is 1. The predicted molar refractivity (Wildman–Crippen MR) is 97.5 cm³/mol. The second-order valence-corrected chi connectivity index (χ2v) is 7.41. The Bertz CT molecular complexity index is 591. The van der Waals surface area contributed by atoms with Gasteiger partial charge in [-0.3, -0.25) is 0 Å². The van der Waals surface area contributed by atoms with E-state index in [9.17, 15) is 8.78 Å². The SMILES string of the molecule is CCOc1c(F)cc(F)cc1C1CCC(OC[C@@H]2NCCC[C@@H]2N)CC1. The molecule has 4 nitrogen and oxygen atoms in total. The average molecular weight is 368 g/mol. The maximum atomic E-state index is 14.1. The van der Waals surface area contributed by atoms with Crippen molar-refractivity contribution in [2.45, 2.75) is 69.6 Å². The van der Waals surface area contributed by atoms with Crippen molar-refractivity contribution >= 4 is 0 Å². The van der Waals surface area contributed by atoms with Gasteiger partial charge < -0.3 is 20.5 Å². The largest absolute Gasteiger partial charge is 0.491 e. The third-order valence-corrected chi connectivity index (χ3v) is 5.59. The molecule has 26 heavy (non-hydrogen) atoms. The lowest BCUT2D eigenvalue weighted by atomic mass is 9.82. The minimum Gasteiger partial charge on any atom is -0.491 e. The number of ether oxygens (including phenoxy) is 2. The van der Waals surface area contributed by atoms with Crippen LogP contribution in [0, 0.1) is 11.6 Å². The van der Waals surface area contributed by atoms with Crippen LogP contribution < -0.4 is 15.8 Å². The van der Waals surface area contributed by atoms with Crippen LogP contribution in [-0.4, -0.2) is 37.9 Å². The zero-order chi connectivity index (χ0) is 18.5. The molecule has 1 saturated heterocycles. The zero-order valence-corrected chi connectivity index (χ0v) is 15.5. The molecule has 1 aliphatic carbocycles. The Morgan fingerprint density at radius 1 is 1.15 bits per heavy atom. The molecule has 1 saturated carbocycles. The highest BCUT2D eigenvalue weighted by atomic mass is 19.1. The Morgan fingerprint density at radius 3 is 2.62 bits per heavy atom. The fourth-order valence-corrected chi connectivity index (χ4v) is 4.12. The van der Waals surface area contributed by atoms with Crippen LogP contribution in [0.4, 0.5) is 8.78 Å². The van der Waals surface area contributed by atoms with Gasteiger partial charge in [0.15, 0.2) is 11.6 Å². The van der Waals surface area contributed by atoms with E-state index in [1.165, 1.54) is 6.07 Å². The maximum Gasteiger partial charge on any atom is 0.168 e. The van der Waals surface area contributed by atoms with Crippen LogP contribution in [0.2, 0.25) is 0 Å². The second kappa shape index (κ2) is 9.11. The van der Waals surface area contributed by atoms with Crippen LogP contribution in [-0.2, 0) is 4.74 Å². The molecular weight excluding hydrogens is 338 g/mol. The van der Waals surface area contributed by atoms with Gasteiger partial charge in [0.25, 0.3) is 0 Å². The molecule has 0 bridgehead atoms. The molecule has 1 aliphatic heterocycles. The summed E-state index contributed by atoms with van der Waals surface area (Å²) in [6.07, 6.45) is 5.81. The molecular formula is C20H30F2N2O2. The van der Waals surface area contributed by atoms with Gasteiger partial charge in [0.2, 0.25) is 0 Å². The van der Waals surface area contributed by atoms with Crippen molar-refractivity contribution in [1.29, 1.82) is 0 Å². The van der Waals surface area contributed by atoms with E-state index in [0.717, 1.165) is 51.1 Å². The lowest BCUT2D eigenvalue weighted by molar-refractivity contribution is 0.00603. The normalized spacial score (nSPS) is 29.5. The number of nitrogens with one attached hydrogen (secondary N) is 1. The van der Waals surface area contributed by atoms with Gasteiger partial charge in [-0.2, -0.15) is 0 Å². The third kappa shape index (κ3) is 4.72. The first-order valence-corrected chi connectivity index (χ1v) is 9.80. The molecule has 1 heterocycles. The van der Waals surface area contributed by atoms with Gasteiger partial charge in [0, 0.05) is 23.7 Å². The number of hydrogen-bond acceptors (Lipinski definition) is 4. The minimum absolute atomic E-state index is 0.108. The van der Waals surface area contributed by atoms with E-state index in [2.05, 4.69) is 5.32 Å². The Hall–Kier alpha value is -1.24. The van der Waals surface area contributed by atoms with Crippen LogP contribution in [0.5, 0.6) is 5.75 Å². The Kier molecular flexibility index (Phi) is 6.84. The standard InChI is InChI=1S/C20H30F2N2O2/c1-2-25-20-16(10-14(21)11-17(20)22)13-5-7-15(8-6-13)26-12-19-18(23)4-3-9-24-19/h10-11,13,15,18-19,24H,2-9,12,23H2,1H3/t13?,15?,18-,19-/m0/s1. The summed E-state index contributed by atoms with van der Waals surface area (Å²) in [7, 11) is 0. The highest BCUT2D eigenvalue weighted by Crippen LogP contribution is 2.40. The molecule has 146 valence electrons. The number of rotatable bonds is 6. The molecule has 0 aromatic heterocycles. The maximum absolute atomic E-state index is 14.1. The van der Waals surface area contributed by atoms with Crippen LogP contribution >= 0.6 is 0 Å². The first-order valence-electron chi connectivity index (χ1n) is 9.80. The summed E-state index contributed by atoms with van der Waals surface area (Å²) in [5.74, 6) is -0.846. The van der Waals surface area contributed by atoms with Crippen LogP contribution in [0.3, 0.4) is 0 Å². The van der Waals surface area contributed by atoms with E-state index in [1.54, 1.807) is 6.92 Å². The summed E-state index contributed by atoms with van der Waals surface area (Å²) in [5, 5.41) is 3.43. The predicted octanol–water partition coefficient (Wildman–Crippen LogP) is 3.49. The van der Waals surface area contributed by atoms with E-state index in [4.69, 9.17) is 15.2 Å². The molecule has 6 heteroatoms. The quantitative estimate of drug-likeness (QED) is 0.807. The highest BCUT2D eigenvalue weighted by molar-refractivity contribution is 5.38. The lowest BCUT2D eigenvalue weighted by Crippen LogP contribution is -2.52. The molecule has 1 aromatic carbocycles. The first kappa shape index (κ1) is 19.5. The van der Waals surface area contributed by atoms with Crippen LogP contribution in [0.15, 0.2) is 12.1 Å².